The molecule has 3 rings (SSSR count). The molecule has 5 heteroatoms. The van der Waals surface area contributed by atoms with E-state index in [4.69, 9.17) is 17.3 Å². The molecule has 1 fully saturated rings. The summed E-state index contributed by atoms with van der Waals surface area (Å²) in [5.41, 5.74) is 8.08. The molecule has 3 N–H and O–H groups in total. The Bertz CT molecular complexity index is 567. The monoisotopic (exact) mass is 290 g/mol. The van der Waals surface area contributed by atoms with Crippen LogP contribution in [0.3, 0.4) is 0 Å². The van der Waals surface area contributed by atoms with E-state index >= 15 is 0 Å². The smallest absolute Gasteiger partial charge is 0.0877 e. The molecule has 1 heterocycles. The van der Waals surface area contributed by atoms with Crippen LogP contribution in [0.15, 0.2) is 36.7 Å². The molecule has 106 valence electrons. The maximum absolute atomic E-state index is 6.13. The zero-order valence-electron chi connectivity index (χ0n) is 11.3. The lowest BCUT2D eigenvalue weighted by Gasteiger charge is -2.29. The minimum absolute atomic E-state index is 0.300. The zero-order valence-corrected chi connectivity index (χ0v) is 12.1. The lowest BCUT2D eigenvalue weighted by Crippen LogP contribution is -2.35. The second-order valence-corrected chi connectivity index (χ2v) is 5.82. The van der Waals surface area contributed by atoms with Gasteiger partial charge < -0.3 is 11.1 Å². The predicted molar refractivity (Wildman–Crippen MR) is 82.4 cm³/mol. The van der Waals surface area contributed by atoms with Crippen molar-refractivity contribution in [3.63, 3.8) is 0 Å². The minimum atomic E-state index is 0.300. The summed E-state index contributed by atoms with van der Waals surface area (Å²) in [6, 6.07) is 8.45. The van der Waals surface area contributed by atoms with Crippen molar-refractivity contribution in [1.82, 2.24) is 9.78 Å². The van der Waals surface area contributed by atoms with Crippen molar-refractivity contribution in [3.05, 3.63) is 41.7 Å². The summed E-state index contributed by atoms with van der Waals surface area (Å²) in [5.74, 6) is 0. The van der Waals surface area contributed by atoms with E-state index in [-0.39, 0.29) is 0 Å². The lowest BCUT2D eigenvalue weighted by atomic mass is 9.91. The summed E-state index contributed by atoms with van der Waals surface area (Å²) in [7, 11) is 0. The van der Waals surface area contributed by atoms with Crippen LogP contribution in [-0.2, 0) is 0 Å². The molecule has 0 saturated heterocycles. The Morgan fingerprint density at radius 3 is 3.00 bits per heavy atom. The molecule has 20 heavy (non-hydrogen) atoms. The standard InChI is InChI=1S/C15H19ClN4/c16-11-5-6-15(20-8-2-7-18-20)14(9-11)19-13-4-1-3-12(17)10-13/h2,5-9,12-13,19H,1,3-4,10,17H2. The molecule has 2 aromatic rings. The van der Waals surface area contributed by atoms with Gasteiger partial charge in [-0.1, -0.05) is 11.6 Å². The largest absolute Gasteiger partial charge is 0.380 e. The molecule has 0 amide bonds. The van der Waals surface area contributed by atoms with Gasteiger partial charge in [-0.05, 0) is 49.9 Å². The number of anilines is 1. The van der Waals surface area contributed by atoms with Crippen LogP contribution in [0.1, 0.15) is 25.7 Å². The van der Waals surface area contributed by atoms with Crippen LogP contribution < -0.4 is 11.1 Å². The third kappa shape index (κ3) is 2.97. The lowest BCUT2D eigenvalue weighted by molar-refractivity contribution is 0.409. The average Bonchev–Trinajstić information content (AvgIpc) is 2.93. The molecule has 4 nitrogen and oxygen atoms in total. The Kier molecular flexibility index (Phi) is 3.94. The van der Waals surface area contributed by atoms with E-state index in [0.29, 0.717) is 12.1 Å². The Balaban J connectivity index is 1.86. The fourth-order valence-electron chi connectivity index (χ4n) is 2.81. The molecule has 1 saturated carbocycles. The summed E-state index contributed by atoms with van der Waals surface area (Å²) in [4.78, 5) is 0. The van der Waals surface area contributed by atoms with Gasteiger partial charge in [0, 0.05) is 29.5 Å². The average molecular weight is 291 g/mol. The number of hydrogen-bond donors (Lipinski definition) is 2. The van der Waals surface area contributed by atoms with Crippen molar-refractivity contribution in [2.45, 2.75) is 37.8 Å². The van der Waals surface area contributed by atoms with Crippen LogP contribution in [-0.4, -0.2) is 21.9 Å². The molecule has 0 radical (unpaired) electrons. The fraction of sp³-hybridized carbons (Fsp3) is 0.400. The van der Waals surface area contributed by atoms with Gasteiger partial charge in [0.25, 0.3) is 0 Å². The van der Waals surface area contributed by atoms with Crippen LogP contribution in [0.5, 0.6) is 0 Å². The highest BCUT2D eigenvalue weighted by Crippen LogP contribution is 2.28. The summed E-state index contributed by atoms with van der Waals surface area (Å²) in [6.45, 7) is 0. The van der Waals surface area contributed by atoms with Crippen molar-refractivity contribution in [1.29, 1.82) is 0 Å². The number of hydrogen-bond acceptors (Lipinski definition) is 3. The molecule has 1 aliphatic rings. The Morgan fingerprint density at radius 2 is 2.25 bits per heavy atom. The number of nitrogens with zero attached hydrogens (tertiary/aromatic N) is 2. The van der Waals surface area contributed by atoms with Gasteiger partial charge in [0.15, 0.2) is 0 Å². The van der Waals surface area contributed by atoms with Gasteiger partial charge in [-0.15, -0.1) is 0 Å². The molecule has 0 bridgehead atoms. The molecule has 2 unspecified atom stereocenters. The second-order valence-electron chi connectivity index (χ2n) is 5.38. The quantitative estimate of drug-likeness (QED) is 0.913. The van der Waals surface area contributed by atoms with Crippen LogP contribution in [0.4, 0.5) is 5.69 Å². The van der Waals surface area contributed by atoms with E-state index < -0.39 is 0 Å². The van der Waals surface area contributed by atoms with E-state index in [9.17, 15) is 0 Å². The van der Waals surface area contributed by atoms with E-state index in [1.165, 1.54) is 6.42 Å². The van der Waals surface area contributed by atoms with Gasteiger partial charge in [-0.25, -0.2) is 4.68 Å². The fourth-order valence-corrected chi connectivity index (χ4v) is 2.99. The highest BCUT2D eigenvalue weighted by molar-refractivity contribution is 6.31. The summed E-state index contributed by atoms with van der Waals surface area (Å²) in [5, 5.41) is 8.60. The van der Waals surface area contributed by atoms with Crippen molar-refractivity contribution in [2.24, 2.45) is 5.73 Å². The minimum Gasteiger partial charge on any atom is -0.380 e. The number of nitrogens with two attached hydrogens (primary N) is 1. The number of benzene rings is 1. The van der Waals surface area contributed by atoms with E-state index in [1.807, 2.05) is 35.1 Å². The first-order valence-corrected chi connectivity index (χ1v) is 7.42. The Labute approximate surface area is 123 Å². The SMILES string of the molecule is NC1CCCC(Nc2cc(Cl)ccc2-n2cccn2)C1. The highest BCUT2D eigenvalue weighted by atomic mass is 35.5. The normalized spacial score (nSPS) is 22.7. The van der Waals surface area contributed by atoms with E-state index in [2.05, 4.69) is 10.4 Å². The topological polar surface area (TPSA) is 55.9 Å². The summed E-state index contributed by atoms with van der Waals surface area (Å²) in [6.07, 6.45) is 8.16. The first-order valence-electron chi connectivity index (χ1n) is 7.04. The molecule has 1 aromatic heterocycles. The van der Waals surface area contributed by atoms with Gasteiger partial charge in [0.05, 0.1) is 11.4 Å². The molecule has 1 aliphatic carbocycles. The van der Waals surface area contributed by atoms with Gasteiger partial charge in [-0.3, -0.25) is 0 Å². The molecular weight excluding hydrogens is 272 g/mol. The number of aromatic nitrogens is 2. The van der Waals surface area contributed by atoms with Gasteiger partial charge >= 0.3 is 0 Å². The Morgan fingerprint density at radius 1 is 1.35 bits per heavy atom. The van der Waals surface area contributed by atoms with Gasteiger partial charge in [0.2, 0.25) is 0 Å². The van der Waals surface area contributed by atoms with Crippen molar-refractivity contribution in [2.75, 3.05) is 5.32 Å². The zero-order chi connectivity index (χ0) is 13.9. The van der Waals surface area contributed by atoms with E-state index in [0.717, 1.165) is 35.7 Å². The number of halogens is 1. The molecule has 2 atom stereocenters. The number of nitrogens with one attached hydrogen (secondary N) is 1. The first-order chi connectivity index (χ1) is 9.72. The molecule has 0 aliphatic heterocycles. The predicted octanol–water partition coefficient (Wildman–Crippen LogP) is 3.21. The maximum atomic E-state index is 6.13. The third-order valence-corrected chi connectivity index (χ3v) is 4.02. The van der Waals surface area contributed by atoms with Crippen LogP contribution in [0, 0.1) is 0 Å². The van der Waals surface area contributed by atoms with Crippen molar-refractivity contribution < 1.29 is 0 Å². The van der Waals surface area contributed by atoms with Crippen LogP contribution in [0.25, 0.3) is 5.69 Å². The van der Waals surface area contributed by atoms with Crippen LogP contribution in [0.2, 0.25) is 5.02 Å². The highest BCUT2D eigenvalue weighted by Gasteiger charge is 2.20. The Hall–Kier alpha value is -1.52. The molecular formula is C15H19ClN4. The van der Waals surface area contributed by atoms with Crippen LogP contribution >= 0.6 is 11.6 Å². The second kappa shape index (κ2) is 5.85. The van der Waals surface area contributed by atoms with Crippen molar-refractivity contribution >= 4 is 17.3 Å². The number of rotatable bonds is 3. The third-order valence-electron chi connectivity index (χ3n) is 3.78. The summed E-state index contributed by atoms with van der Waals surface area (Å²) >= 11 is 6.13. The van der Waals surface area contributed by atoms with Crippen molar-refractivity contribution in [3.8, 4) is 5.69 Å². The maximum Gasteiger partial charge on any atom is 0.0877 e. The first kappa shape index (κ1) is 13.5. The van der Waals surface area contributed by atoms with E-state index in [1.54, 1.807) is 6.20 Å². The van der Waals surface area contributed by atoms with Gasteiger partial charge in [0.1, 0.15) is 0 Å². The molecule has 1 aromatic carbocycles. The van der Waals surface area contributed by atoms with Gasteiger partial charge in [-0.2, -0.15) is 5.10 Å². The summed E-state index contributed by atoms with van der Waals surface area (Å²) < 4.78 is 1.85. The molecule has 0 spiro atoms.